The fourth-order valence-electron chi connectivity index (χ4n) is 0.957. The maximum Gasteiger partial charge on any atom is 0.456 e. The van der Waals surface area contributed by atoms with E-state index in [0.29, 0.717) is 6.07 Å². The highest BCUT2D eigenvalue weighted by Crippen LogP contribution is 2.36. The molecule has 0 fully saturated rings. The minimum absolute atomic E-state index is 0.165. The quantitative estimate of drug-likeness (QED) is 0.608. The lowest BCUT2D eigenvalue weighted by Crippen LogP contribution is -2.41. The third-order valence-corrected chi connectivity index (χ3v) is 2.11. The van der Waals surface area contributed by atoms with Crippen molar-refractivity contribution in [2.24, 2.45) is 0 Å². The summed E-state index contributed by atoms with van der Waals surface area (Å²) in [6.45, 7) is -2.21. The van der Waals surface area contributed by atoms with Crippen LogP contribution in [0.4, 0.5) is 35.1 Å². The normalized spacial score (nSPS) is 13.4. The van der Waals surface area contributed by atoms with E-state index in [1.807, 2.05) is 0 Å². The first-order valence-corrected chi connectivity index (χ1v) is 5.03. The molecule has 0 N–H and O–H groups in total. The van der Waals surface area contributed by atoms with Gasteiger partial charge in [-0.05, 0) is 6.07 Å². The number of nitrogens with zero attached hydrogens (tertiary/aromatic N) is 1. The Kier molecular flexibility index (Phi) is 4.37. The number of hydrogen-bond donors (Lipinski definition) is 0. The zero-order valence-electron chi connectivity index (χ0n) is 9.12. The first-order valence-electron chi connectivity index (χ1n) is 4.65. The predicted octanol–water partition coefficient (Wildman–Crippen LogP) is 4.33. The van der Waals surface area contributed by atoms with E-state index in [2.05, 4.69) is 9.72 Å². The molecule has 2 nitrogen and oxygen atoms in total. The van der Waals surface area contributed by atoms with Crippen LogP contribution in [0.3, 0.4) is 0 Å². The van der Waals surface area contributed by atoms with Crippen molar-refractivity contribution in [1.29, 1.82) is 0 Å². The van der Waals surface area contributed by atoms with Crippen molar-refractivity contribution in [3.05, 3.63) is 22.8 Å². The molecule has 0 aliphatic rings. The minimum atomic E-state index is -5.89. The van der Waals surface area contributed by atoms with Gasteiger partial charge in [-0.1, -0.05) is 11.6 Å². The topological polar surface area (TPSA) is 22.1 Å². The number of alkyl halides is 8. The second-order valence-electron chi connectivity index (χ2n) is 3.51. The molecule has 0 saturated heterocycles. The summed E-state index contributed by atoms with van der Waals surface area (Å²) < 4.78 is 101. The highest BCUT2D eigenvalue weighted by molar-refractivity contribution is 6.29. The monoisotopic (exact) mass is 329 g/mol. The molecule has 0 saturated carbocycles. The van der Waals surface area contributed by atoms with Crippen LogP contribution in [0, 0.1) is 0 Å². The van der Waals surface area contributed by atoms with Crippen LogP contribution in [0.1, 0.15) is 5.56 Å². The first kappa shape index (κ1) is 16.7. The second-order valence-corrected chi connectivity index (χ2v) is 3.89. The van der Waals surface area contributed by atoms with Crippen LogP contribution < -0.4 is 4.74 Å². The molecule has 1 heterocycles. The average molecular weight is 330 g/mol. The fourth-order valence-corrected chi connectivity index (χ4v) is 1.16. The second kappa shape index (κ2) is 5.23. The Morgan fingerprint density at radius 2 is 1.55 bits per heavy atom. The van der Waals surface area contributed by atoms with Gasteiger partial charge in [0.15, 0.2) is 6.61 Å². The average Bonchev–Trinajstić information content (AvgIpc) is 2.23. The summed E-state index contributed by atoms with van der Waals surface area (Å²) >= 11 is 5.20. The summed E-state index contributed by atoms with van der Waals surface area (Å²) in [5.74, 6) is -6.32. The molecule has 0 amide bonds. The standard InChI is InChI=1S/C9H4ClF8NO/c10-5-1-4(8(13,14)15)2-6(19-5)20-3-7(11,12)9(16,17)18/h1-2H,3H2. The van der Waals surface area contributed by atoms with E-state index in [1.54, 1.807) is 0 Å². The van der Waals surface area contributed by atoms with Crippen molar-refractivity contribution in [2.45, 2.75) is 18.3 Å². The van der Waals surface area contributed by atoms with Crippen LogP contribution >= 0.6 is 11.6 Å². The van der Waals surface area contributed by atoms with E-state index >= 15 is 0 Å². The molecule has 1 aromatic heterocycles. The molecule has 114 valence electrons. The molecule has 0 bridgehead atoms. The zero-order chi connectivity index (χ0) is 15.8. The van der Waals surface area contributed by atoms with Gasteiger partial charge in [0.05, 0.1) is 5.56 Å². The summed E-state index contributed by atoms with van der Waals surface area (Å²) in [4.78, 5) is 3.08. The van der Waals surface area contributed by atoms with Gasteiger partial charge in [0.25, 0.3) is 0 Å². The Bertz CT molecular complexity index is 484. The minimum Gasteiger partial charge on any atom is -0.471 e. The van der Waals surface area contributed by atoms with Crippen LogP contribution in [-0.2, 0) is 6.18 Å². The number of pyridine rings is 1. The molecule has 1 rings (SSSR count). The van der Waals surface area contributed by atoms with Gasteiger partial charge in [0.2, 0.25) is 5.88 Å². The molecule has 0 aromatic carbocycles. The number of ether oxygens (including phenoxy) is 1. The first-order chi connectivity index (χ1) is 8.83. The summed E-state index contributed by atoms with van der Waals surface area (Å²) in [7, 11) is 0. The van der Waals surface area contributed by atoms with E-state index in [-0.39, 0.29) is 6.07 Å². The molecule has 1 aromatic rings. The van der Waals surface area contributed by atoms with Gasteiger partial charge in [-0.2, -0.15) is 35.1 Å². The molecule has 0 aliphatic heterocycles. The number of hydrogen-bond acceptors (Lipinski definition) is 2. The van der Waals surface area contributed by atoms with Gasteiger partial charge >= 0.3 is 18.3 Å². The lowest BCUT2D eigenvalue weighted by molar-refractivity contribution is -0.290. The van der Waals surface area contributed by atoms with E-state index < -0.39 is 41.5 Å². The van der Waals surface area contributed by atoms with Crippen molar-refractivity contribution in [2.75, 3.05) is 6.61 Å². The number of rotatable bonds is 3. The van der Waals surface area contributed by atoms with Gasteiger partial charge < -0.3 is 4.74 Å². The van der Waals surface area contributed by atoms with Gasteiger partial charge in [-0.3, -0.25) is 0 Å². The lowest BCUT2D eigenvalue weighted by atomic mass is 10.2. The van der Waals surface area contributed by atoms with Gasteiger partial charge in [-0.25, -0.2) is 4.98 Å². The van der Waals surface area contributed by atoms with Crippen LogP contribution in [0.15, 0.2) is 12.1 Å². The Labute approximate surface area is 111 Å². The third-order valence-electron chi connectivity index (χ3n) is 1.91. The van der Waals surface area contributed by atoms with Crippen molar-refractivity contribution in [3.63, 3.8) is 0 Å². The smallest absolute Gasteiger partial charge is 0.456 e. The number of aromatic nitrogens is 1. The molecular weight excluding hydrogens is 326 g/mol. The fraction of sp³-hybridized carbons (Fsp3) is 0.444. The van der Waals surface area contributed by atoms with Crippen LogP contribution in [-0.4, -0.2) is 23.7 Å². The highest BCUT2D eigenvalue weighted by Gasteiger charge is 2.58. The van der Waals surface area contributed by atoms with Crippen molar-refractivity contribution < 1.29 is 39.9 Å². The molecule has 0 atom stereocenters. The Morgan fingerprint density at radius 1 is 1.00 bits per heavy atom. The van der Waals surface area contributed by atoms with E-state index in [4.69, 9.17) is 11.6 Å². The summed E-state index contributed by atoms with van der Waals surface area (Å²) in [5.41, 5.74) is -1.39. The van der Waals surface area contributed by atoms with Crippen LogP contribution in [0.2, 0.25) is 5.15 Å². The van der Waals surface area contributed by atoms with E-state index in [1.165, 1.54) is 0 Å². The summed E-state index contributed by atoms with van der Waals surface area (Å²) in [6.07, 6.45) is -10.8. The molecule has 20 heavy (non-hydrogen) atoms. The predicted molar refractivity (Wildman–Crippen MR) is 50.7 cm³/mol. The largest absolute Gasteiger partial charge is 0.471 e. The maximum absolute atomic E-state index is 12.5. The zero-order valence-corrected chi connectivity index (χ0v) is 9.87. The van der Waals surface area contributed by atoms with Crippen LogP contribution in [0.5, 0.6) is 5.88 Å². The molecule has 0 unspecified atom stereocenters. The van der Waals surface area contributed by atoms with Crippen molar-refractivity contribution in [1.82, 2.24) is 4.98 Å². The Morgan fingerprint density at radius 3 is 2.00 bits per heavy atom. The molecule has 0 spiro atoms. The lowest BCUT2D eigenvalue weighted by Gasteiger charge is -2.19. The van der Waals surface area contributed by atoms with Gasteiger partial charge in [0.1, 0.15) is 5.15 Å². The molecule has 0 aliphatic carbocycles. The molecular formula is C9H4ClF8NO. The Balaban J connectivity index is 2.92. The van der Waals surface area contributed by atoms with Crippen molar-refractivity contribution in [3.8, 4) is 5.88 Å². The third kappa shape index (κ3) is 4.09. The van der Waals surface area contributed by atoms with Gasteiger partial charge in [0, 0.05) is 6.07 Å². The van der Waals surface area contributed by atoms with Crippen molar-refractivity contribution >= 4 is 11.6 Å². The van der Waals surface area contributed by atoms with E-state index in [0.717, 1.165) is 0 Å². The molecule has 0 radical (unpaired) electrons. The maximum atomic E-state index is 12.5. The number of halogens is 9. The van der Waals surface area contributed by atoms with E-state index in [9.17, 15) is 35.1 Å². The summed E-state index contributed by atoms with van der Waals surface area (Å²) in [5, 5.41) is -0.759. The van der Waals surface area contributed by atoms with Crippen LogP contribution in [0.25, 0.3) is 0 Å². The summed E-state index contributed by atoms with van der Waals surface area (Å²) in [6, 6.07) is 0.536. The Hall–Kier alpha value is -1.32. The molecule has 11 heteroatoms. The van der Waals surface area contributed by atoms with Gasteiger partial charge in [-0.15, -0.1) is 0 Å². The SMILES string of the molecule is FC(F)(F)c1cc(Cl)nc(OCC(F)(F)C(F)(F)F)c1. The highest BCUT2D eigenvalue weighted by atomic mass is 35.5.